The molecule has 242 valence electrons. The summed E-state index contributed by atoms with van der Waals surface area (Å²) in [7, 11) is 1.57. The van der Waals surface area contributed by atoms with Crippen LogP contribution in [-0.4, -0.2) is 59.8 Å². The van der Waals surface area contributed by atoms with Gasteiger partial charge in [-0.1, -0.05) is 79.6 Å². The van der Waals surface area contributed by atoms with Crippen molar-refractivity contribution in [2.75, 3.05) is 13.7 Å². The quantitative estimate of drug-likeness (QED) is 0.0690. The van der Waals surface area contributed by atoms with E-state index in [4.69, 9.17) is 14.7 Å². The minimum atomic E-state index is -0.700. The average Bonchev–Trinajstić information content (AvgIpc) is 3.05. The summed E-state index contributed by atoms with van der Waals surface area (Å²) < 4.78 is 11.6. The molecule has 11 heteroatoms. The molecule has 2 aromatic rings. The number of unbranched alkanes of at least 4 members (excludes halogenated alkanes) is 3. The van der Waals surface area contributed by atoms with E-state index in [1.807, 2.05) is 66.7 Å². The highest BCUT2D eigenvalue weighted by molar-refractivity contribution is 5.82. The first-order chi connectivity index (χ1) is 21.9. The van der Waals surface area contributed by atoms with E-state index in [-0.39, 0.29) is 43.8 Å². The van der Waals surface area contributed by atoms with Crippen molar-refractivity contribution in [1.29, 1.82) is 0 Å². The Balaban J connectivity index is 1.66. The molecule has 3 amide bonds. The normalized spacial score (nSPS) is 18.5. The number of carbonyl (C=O) groups excluding carboxylic acids is 4. The molecule has 3 rings (SSSR count). The summed E-state index contributed by atoms with van der Waals surface area (Å²) in [5.74, 6) is -1.00. The van der Waals surface area contributed by atoms with E-state index < -0.39 is 18.1 Å². The maximum absolute atomic E-state index is 13.6. The molecule has 0 saturated heterocycles. The Hall–Kier alpha value is -4.35. The molecule has 2 atom stereocenters. The zero-order chi connectivity index (χ0) is 32.3. The molecular formula is C34H44N4O7. The second-order valence-corrected chi connectivity index (χ2v) is 10.9. The van der Waals surface area contributed by atoms with Crippen LogP contribution in [0.25, 0.3) is 0 Å². The van der Waals surface area contributed by atoms with Gasteiger partial charge >= 0.3 is 5.97 Å². The highest BCUT2D eigenvalue weighted by atomic mass is 16.5. The molecule has 0 aromatic heterocycles. The maximum atomic E-state index is 13.6. The highest BCUT2D eigenvalue weighted by Gasteiger charge is 2.34. The molecule has 1 aliphatic rings. The van der Waals surface area contributed by atoms with Gasteiger partial charge in [0.15, 0.2) is 0 Å². The van der Waals surface area contributed by atoms with Gasteiger partial charge in [-0.3, -0.25) is 24.4 Å². The van der Waals surface area contributed by atoms with Crippen LogP contribution < -0.4 is 10.9 Å². The number of amides is 3. The van der Waals surface area contributed by atoms with E-state index in [9.17, 15) is 19.2 Å². The van der Waals surface area contributed by atoms with Gasteiger partial charge < -0.3 is 14.4 Å². The maximum Gasteiger partial charge on any atom is 0.306 e. The first kappa shape index (κ1) is 35.1. The van der Waals surface area contributed by atoms with Crippen LogP contribution in [-0.2, 0) is 35.2 Å². The molecule has 0 spiro atoms. The third kappa shape index (κ3) is 12.7. The van der Waals surface area contributed by atoms with Gasteiger partial charge in [-0.25, -0.2) is 10.9 Å². The topological polar surface area (TPSA) is 147 Å². The van der Waals surface area contributed by atoms with Crippen molar-refractivity contribution in [3.05, 3.63) is 83.4 Å². The van der Waals surface area contributed by atoms with Gasteiger partial charge in [-0.05, 0) is 42.4 Å². The zero-order valence-electron chi connectivity index (χ0n) is 25.9. The summed E-state index contributed by atoms with van der Waals surface area (Å²) in [6.45, 7) is 0.468. The van der Waals surface area contributed by atoms with Gasteiger partial charge in [0.05, 0.1) is 18.9 Å². The van der Waals surface area contributed by atoms with E-state index in [2.05, 4.69) is 10.5 Å². The van der Waals surface area contributed by atoms with E-state index in [0.29, 0.717) is 38.5 Å². The summed E-state index contributed by atoms with van der Waals surface area (Å²) in [5, 5.41) is 12.5. The molecule has 3 N–H and O–H groups in total. The number of nitrogens with one attached hydrogen (secondary N) is 2. The van der Waals surface area contributed by atoms with Gasteiger partial charge in [-0.2, -0.15) is 5.10 Å². The summed E-state index contributed by atoms with van der Waals surface area (Å²) >= 11 is 0. The summed E-state index contributed by atoms with van der Waals surface area (Å²) in [6.07, 6.45) is 9.91. The number of esters is 1. The van der Waals surface area contributed by atoms with Crippen molar-refractivity contribution in [3.63, 3.8) is 0 Å². The Morgan fingerprint density at radius 3 is 2.29 bits per heavy atom. The molecule has 0 unspecified atom stereocenters. The molecule has 0 bridgehead atoms. The molecule has 45 heavy (non-hydrogen) atoms. The summed E-state index contributed by atoms with van der Waals surface area (Å²) in [5.41, 5.74) is 6.58. The molecule has 2 aromatic carbocycles. The molecule has 0 fully saturated rings. The van der Waals surface area contributed by atoms with Crippen molar-refractivity contribution in [2.24, 2.45) is 5.10 Å². The molecule has 1 heterocycles. The van der Waals surface area contributed by atoms with E-state index in [1.165, 1.54) is 0 Å². The van der Waals surface area contributed by atoms with E-state index >= 15 is 0 Å². The van der Waals surface area contributed by atoms with Gasteiger partial charge in [0.25, 0.3) is 0 Å². The van der Waals surface area contributed by atoms with Crippen LogP contribution in [0.4, 0.5) is 0 Å². The Morgan fingerprint density at radius 1 is 0.956 bits per heavy atom. The number of nitrogens with zero attached hydrogens (tertiary/aromatic N) is 2. The lowest BCUT2D eigenvalue weighted by molar-refractivity contribution is -0.159. The molecular weight excluding hydrogens is 576 g/mol. The van der Waals surface area contributed by atoms with E-state index in [1.54, 1.807) is 23.7 Å². The fourth-order valence-electron chi connectivity index (χ4n) is 5.02. The third-order valence-corrected chi connectivity index (χ3v) is 7.42. The number of allylic oxidation sites excluding steroid dienone is 2. The molecule has 1 aliphatic heterocycles. The summed E-state index contributed by atoms with van der Waals surface area (Å²) in [6, 6.07) is 16.4. The number of carbonyl (C=O) groups is 4. The minimum absolute atomic E-state index is 0.0664. The van der Waals surface area contributed by atoms with Crippen LogP contribution >= 0.6 is 0 Å². The van der Waals surface area contributed by atoms with Crippen molar-refractivity contribution in [2.45, 2.75) is 82.9 Å². The predicted molar refractivity (Wildman–Crippen MR) is 169 cm³/mol. The lowest BCUT2D eigenvalue weighted by atomic mass is 9.99. The fraction of sp³-hybridized carbons (Fsp3) is 0.441. The lowest BCUT2D eigenvalue weighted by Crippen LogP contribution is -2.47. The predicted octanol–water partition coefficient (Wildman–Crippen LogP) is 4.74. The Morgan fingerprint density at radius 2 is 1.62 bits per heavy atom. The van der Waals surface area contributed by atoms with Crippen molar-refractivity contribution >= 4 is 29.9 Å². The SMILES string of the molecule is COC[C@H]1[C@H](c2ccccc2)OC(=O)CC/C=C/CCC(=O)N1Cc1ccc(/C=N/NC(=O)CCCCCCC(=O)NO)cc1. The zero-order valence-corrected chi connectivity index (χ0v) is 25.9. The monoisotopic (exact) mass is 620 g/mol. The van der Waals surface area contributed by atoms with Crippen LogP contribution in [0.15, 0.2) is 71.9 Å². The van der Waals surface area contributed by atoms with Crippen molar-refractivity contribution in [3.8, 4) is 0 Å². The number of ether oxygens (including phenoxy) is 2. The first-order valence-electron chi connectivity index (χ1n) is 15.4. The highest BCUT2D eigenvalue weighted by Crippen LogP contribution is 2.29. The molecule has 0 saturated carbocycles. The second-order valence-electron chi connectivity index (χ2n) is 10.9. The van der Waals surface area contributed by atoms with Crippen LogP contribution in [0, 0.1) is 0 Å². The smallest absolute Gasteiger partial charge is 0.306 e. The van der Waals surface area contributed by atoms with Crippen molar-refractivity contribution < 1.29 is 33.9 Å². The van der Waals surface area contributed by atoms with Crippen LogP contribution in [0.5, 0.6) is 0 Å². The average molecular weight is 621 g/mol. The number of hydroxylamine groups is 1. The Kier molecular flexibility index (Phi) is 15.5. The Bertz CT molecular complexity index is 1280. The lowest BCUT2D eigenvalue weighted by Gasteiger charge is -2.37. The van der Waals surface area contributed by atoms with Crippen LogP contribution in [0.3, 0.4) is 0 Å². The fourth-order valence-corrected chi connectivity index (χ4v) is 5.02. The molecule has 0 radical (unpaired) electrons. The number of benzene rings is 2. The van der Waals surface area contributed by atoms with Gasteiger partial charge in [0.2, 0.25) is 17.7 Å². The molecule has 0 aliphatic carbocycles. The Labute approximate surface area is 264 Å². The van der Waals surface area contributed by atoms with Gasteiger partial charge in [-0.15, -0.1) is 0 Å². The largest absolute Gasteiger partial charge is 0.455 e. The number of hydrazone groups is 1. The van der Waals surface area contributed by atoms with Crippen LogP contribution in [0.1, 0.15) is 87.0 Å². The number of methoxy groups -OCH3 is 1. The summed E-state index contributed by atoms with van der Waals surface area (Å²) in [4.78, 5) is 51.3. The van der Waals surface area contributed by atoms with E-state index in [0.717, 1.165) is 29.5 Å². The molecule has 11 nitrogen and oxygen atoms in total. The van der Waals surface area contributed by atoms with Crippen molar-refractivity contribution in [1.82, 2.24) is 15.8 Å². The number of rotatable bonds is 14. The number of hydrogen-bond acceptors (Lipinski definition) is 8. The van der Waals surface area contributed by atoms with Crippen LogP contribution in [0.2, 0.25) is 0 Å². The van der Waals surface area contributed by atoms with Gasteiger partial charge in [0, 0.05) is 39.3 Å². The second kappa shape index (κ2) is 19.8. The standard InChI is InChI=1S/C34H44N4O7/c1-44-25-29-34(28-13-7-6-8-14-28)45-33(42)18-12-5-4-11-17-32(41)38(29)24-27-21-19-26(20-22-27)23-35-36-30(39)15-9-2-3-10-16-31(40)37-43/h4-8,13-14,19-23,29,34,43H,2-3,9-12,15-18,24-25H2,1H3,(H,36,39)(H,37,40)/b5-4+,35-23+/t29-,34-/m0/s1. The minimum Gasteiger partial charge on any atom is -0.455 e. The first-order valence-corrected chi connectivity index (χ1v) is 15.4. The third-order valence-electron chi connectivity index (χ3n) is 7.42. The number of cyclic esters (lactones) is 1. The van der Waals surface area contributed by atoms with Gasteiger partial charge in [0.1, 0.15) is 6.10 Å². The number of hydrogen-bond donors (Lipinski definition) is 3.